The zero-order valence-corrected chi connectivity index (χ0v) is 15.9. The summed E-state index contributed by atoms with van der Waals surface area (Å²) in [7, 11) is 0. The normalized spacial score (nSPS) is 13.0. The van der Waals surface area contributed by atoms with Crippen LogP contribution in [0.1, 0.15) is 53.0 Å². The Morgan fingerprint density at radius 2 is 2.00 bits per heavy atom. The van der Waals surface area contributed by atoms with E-state index in [0.717, 1.165) is 25.4 Å². The van der Waals surface area contributed by atoms with E-state index in [1.165, 1.54) is 18.4 Å². The van der Waals surface area contributed by atoms with Gasteiger partial charge in [-0.1, -0.05) is 59.1 Å². The third-order valence-electron chi connectivity index (χ3n) is 3.04. The van der Waals surface area contributed by atoms with Gasteiger partial charge in [-0.25, -0.2) is 0 Å². The van der Waals surface area contributed by atoms with Crippen molar-refractivity contribution in [1.29, 1.82) is 0 Å². The van der Waals surface area contributed by atoms with Gasteiger partial charge in [0.2, 0.25) is 0 Å². The third-order valence-corrected chi connectivity index (χ3v) is 3.04. The van der Waals surface area contributed by atoms with Crippen molar-refractivity contribution in [2.75, 3.05) is 13.1 Å². The molecule has 0 aromatic carbocycles. The molecule has 1 aliphatic rings. The molecule has 2 heterocycles. The van der Waals surface area contributed by atoms with E-state index in [1.807, 2.05) is 26.1 Å². The van der Waals surface area contributed by atoms with Gasteiger partial charge in [0.1, 0.15) is 0 Å². The van der Waals surface area contributed by atoms with Crippen LogP contribution in [0.3, 0.4) is 0 Å². The van der Waals surface area contributed by atoms with Crippen molar-refractivity contribution in [3.05, 3.63) is 47.1 Å². The first kappa shape index (κ1) is 22.7. The number of hydrogen-bond acceptors (Lipinski definition) is 1. The molecule has 0 N–H and O–H groups in total. The predicted octanol–water partition coefficient (Wildman–Crippen LogP) is 5.40. The van der Waals surface area contributed by atoms with Crippen LogP contribution in [0.15, 0.2) is 36.2 Å². The Labute approximate surface area is 144 Å². The van der Waals surface area contributed by atoms with Gasteiger partial charge in [-0.2, -0.15) is 0 Å². The summed E-state index contributed by atoms with van der Waals surface area (Å²) in [5.74, 6) is 0.737. The first-order chi connectivity index (χ1) is 9.74. The number of hydrogen-bond donors (Lipinski definition) is 0. The molecule has 0 fully saturated rings. The molecule has 2 nitrogen and oxygen atoms in total. The molecule has 0 aliphatic carbocycles. The topological polar surface area (TPSA) is 27.0 Å². The van der Waals surface area contributed by atoms with Gasteiger partial charge in [0.15, 0.2) is 0 Å². The second kappa shape index (κ2) is 15.9. The minimum atomic E-state index is 0. The van der Waals surface area contributed by atoms with Crippen LogP contribution in [0.2, 0.25) is 0 Å². The summed E-state index contributed by atoms with van der Waals surface area (Å²) in [4.78, 5) is 4.00. The summed E-state index contributed by atoms with van der Waals surface area (Å²) in [5, 5.41) is 4.23. The van der Waals surface area contributed by atoms with Crippen LogP contribution in [0.5, 0.6) is 0 Å². The fourth-order valence-electron chi connectivity index (χ4n) is 1.94. The molecular formula is C18H31N2Rh-. The standard InChI is InChI=1S/C8H14N.C8H11N.C2H6.Rh/c1-7(2)8-3-5-9-6-4-8;1-2-4-8-5-3-6-9-7-8;1-2;/h3,7H,4-6H2,1-2H3;3,5-7H,2,4H2,1H3;1-2H3;/q-1;;;. The second-order valence-corrected chi connectivity index (χ2v) is 4.92. The number of rotatable bonds is 3. The molecule has 1 radical (unpaired) electrons. The Balaban J connectivity index is 0. The van der Waals surface area contributed by atoms with Crippen molar-refractivity contribution in [2.24, 2.45) is 5.92 Å². The van der Waals surface area contributed by atoms with Crippen LogP contribution in [0.25, 0.3) is 5.32 Å². The van der Waals surface area contributed by atoms with Crippen molar-refractivity contribution in [1.82, 2.24) is 4.98 Å². The predicted molar refractivity (Wildman–Crippen MR) is 90.2 cm³/mol. The molecule has 0 unspecified atom stereocenters. The molecule has 0 amide bonds. The summed E-state index contributed by atoms with van der Waals surface area (Å²) < 4.78 is 0. The van der Waals surface area contributed by atoms with Crippen molar-refractivity contribution in [2.45, 2.75) is 53.9 Å². The van der Waals surface area contributed by atoms with Crippen LogP contribution >= 0.6 is 0 Å². The maximum Gasteiger partial charge on any atom is 0.0299 e. The van der Waals surface area contributed by atoms with Crippen LogP contribution in [0, 0.1) is 5.92 Å². The SMILES string of the molecule is CC.CC(C)C1=CC[N-]CC1.CCCc1cccnc1.[Rh]. The van der Waals surface area contributed by atoms with Crippen molar-refractivity contribution in [3.63, 3.8) is 0 Å². The molecule has 0 spiro atoms. The van der Waals surface area contributed by atoms with Crippen LogP contribution in [-0.2, 0) is 25.9 Å². The van der Waals surface area contributed by atoms with E-state index in [1.54, 1.807) is 11.8 Å². The van der Waals surface area contributed by atoms with Crippen LogP contribution in [-0.4, -0.2) is 18.1 Å². The fourth-order valence-corrected chi connectivity index (χ4v) is 1.94. The zero-order valence-electron chi connectivity index (χ0n) is 14.2. The van der Waals surface area contributed by atoms with Crippen molar-refractivity contribution in [3.8, 4) is 0 Å². The summed E-state index contributed by atoms with van der Waals surface area (Å²) in [6, 6.07) is 4.08. The quantitative estimate of drug-likeness (QED) is 0.511. The molecule has 1 aliphatic heterocycles. The maximum absolute atomic E-state index is 4.23. The van der Waals surface area contributed by atoms with E-state index in [2.05, 4.69) is 43.2 Å². The minimum Gasteiger partial charge on any atom is -0.659 e. The maximum atomic E-state index is 4.23. The molecule has 1 aromatic heterocycles. The molecule has 1 aromatic rings. The van der Waals surface area contributed by atoms with E-state index >= 15 is 0 Å². The number of aromatic nitrogens is 1. The van der Waals surface area contributed by atoms with Gasteiger partial charge in [-0.15, -0.1) is 19.2 Å². The van der Waals surface area contributed by atoms with E-state index in [9.17, 15) is 0 Å². The van der Waals surface area contributed by atoms with Gasteiger partial charge in [-0.3, -0.25) is 4.98 Å². The Morgan fingerprint density at radius 3 is 2.38 bits per heavy atom. The number of pyridine rings is 1. The van der Waals surface area contributed by atoms with Crippen LogP contribution < -0.4 is 0 Å². The Bertz CT molecular complexity index is 347. The number of nitrogens with zero attached hydrogens (tertiary/aromatic N) is 2. The Morgan fingerprint density at radius 1 is 1.29 bits per heavy atom. The van der Waals surface area contributed by atoms with E-state index in [4.69, 9.17) is 0 Å². The molecular weight excluding hydrogens is 347 g/mol. The molecule has 0 saturated carbocycles. The number of aryl methyl sites for hydroxylation is 1. The van der Waals surface area contributed by atoms with E-state index in [-0.39, 0.29) is 19.5 Å². The van der Waals surface area contributed by atoms with Gasteiger partial charge in [0, 0.05) is 31.9 Å². The second-order valence-electron chi connectivity index (χ2n) is 4.92. The van der Waals surface area contributed by atoms with Gasteiger partial charge in [0.05, 0.1) is 0 Å². The third kappa shape index (κ3) is 11.8. The average molecular weight is 378 g/mol. The molecule has 2 rings (SSSR count). The van der Waals surface area contributed by atoms with Gasteiger partial charge in [0.25, 0.3) is 0 Å². The fraction of sp³-hybridized carbons (Fsp3) is 0.611. The first-order valence-electron chi connectivity index (χ1n) is 7.95. The molecule has 21 heavy (non-hydrogen) atoms. The monoisotopic (exact) mass is 378 g/mol. The average Bonchev–Trinajstić information content (AvgIpc) is 2.52. The van der Waals surface area contributed by atoms with Crippen molar-refractivity contribution >= 4 is 0 Å². The molecule has 0 bridgehead atoms. The molecule has 0 atom stereocenters. The van der Waals surface area contributed by atoms with Crippen molar-refractivity contribution < 1.29 is 19.5 Å². The van der Waals surface area contributed by atoms with Crippen LogP contribution in [0.4, 0.5) is 0 Å². The summed E-state index contributed by atoms with van der Waals surface area (Å²) in [6.07, 6.45) is 9.52. The summed E-state index contributed by atoms with van der Waals surface area (Å²) >= 11 is 0. The van der Waals surface area contributed by atoms with Gasteiger partial charge < -0.3 is 5.32 Å². The van der Waals surface area contributed by atoms with E-state index < -0.39 is 0 Å². The molecule has 3 heteroatoms. The smallest absolute Gasteiger partial charge is 0.0299 e. The van der Waals surface area contributed by atoms with E-state index in [0.29, 0.717) is 0 Å². The van der Waals surface area contributed by atoms with Gasteiger partial charge in [-0.05, 0) is 24.0 Å². The Kier molecular flexibility index (Phi) is 17.2. The minimum absolute atomic E-state index is 0. The molecule has 0 saturated heterocycles. The summed E-state index contributed by atoms with van der Waals surface area (Å²) in [6.45, 7) is 12.7. The Hall–Kier alpha value is -0.527. The van der Waals surface area contributed by atoms with Gasteiger partial charge >= 0.3 is 0 Å². The molecule has 123 valence electrons. The first-order valence-corrected chi connectivity index (χ1v) is 7.95. The largest absolute Gasteiger partial charge is 0.659 e. The summed E-state index contributed by atoms with van der Waals surface area (Å²) in [5.41, 5.74) is 2.92. The zero-order chi connectivity index (χ0) is 15.2.